The van der Waals surface area contributed by atoms with Crippen molar-refractivity contribution >= 4 is 0 Å². The molecule has 0 aliphatic heterocycles. The van der Waals surface area contributed by atoms with E-state index in [2.05, 4.69) is 79.5 Å². The van der Waals surface area contributed by atoms with E-state index < -0.39 is 0 Å². The number of benzene rings is 2. The second-order valence-electron chi connectivity index (χ2n) is 8.36. The van der Waals surface area contributed by atoms with Gasteiger partial charge >= 0.3 is 0 Å². The molecule has 0 saturated heterocycles. The molecular weight excluding hydrogens is 314 g/mol. The molecule has 4 rings (SSSR count). The Kier molecular flexibility index (Phi) is 4.63. The van der Waals surface area contributed by atoms with Crippen LogP contribution >= 0.6 is 0 Å². The lowest BCUT2D eigenvalue weighted by molar-refractivity contribution is 0.224. The maximum Gasteiger partial charge on any atom is 0.0708 e. The van der Waals surface area contributed by atoms with Crippen LogP contribution in [-0.2, 0) is 0 Å². The van der Waals surface area contributed by atoms with Gasteiger partial charge < -0.3 is 0 Å². The number of rotatable bonds is 3. The van der Waals surface area contributed by atoms with E-state index in [0.717, 1.165) is 5.69 Å². The van der Waals surface area contributed by atoms with Gasteiger partial charge in [-0.25, -0.2) is 0 Å². The van der Waals surface area contributed by atoms with Crippen molar-refractivity contribution in [1.82, 2.24) is 4.98 Å². The van der Waals surface area contributed by atoms with E-state index in [1.807, 2.05) is 12.3 Å². The fourth-order valence-electron chi connectivity index (χ4n) is 4.08. The van der Waals surface area contributed by atoms with Gasteiger partial charge in [-0.1, -0.05) is 68.4 Å². The van der Waals surface area contributed by atoms with Crippen LogP contribution in [0.2, 0.25) is 0 Å². The molecule has 26 heavy (non-hydrogen) atoms. The van der Waals surface area contributed by atoms with Gasteiger partial charge in [-0.15, -0.1) is 0 Å². The lowest BCUT2D eigenvalue weighted by atomic mass is 9.71. The van der Waals surface area contributed by atoms with Gasteiger partial charge in [-0.2, -0.15) is 0 Å². The Hall–Kier alpha value is -2.41. The van der Waals surface area contributed by atoms with Crippen molar-refractivity contribution in [2.24, 2.45) is 5.41 Å². The summed E-state index contributed by atoms with van der Waals surface area (Å²) in [5.41, 5.74) is 6.76. The third-order valence-electron chi connectivity index (χ3n) is 5.86. The third kappa shape index (κ3) is 3.72. The molecule has 1 saturated carbocycles. The molecule has 1 nitrogen and oxygen atoms in total. The molecule has 1 aliphatic rings. The van der Waals surface area contributed by atoms with E-state index in [-0.39, 0.29) is 0 Å². The Bertz CT molecular complexity index is 869. The van der Waals surface area contributed by atoms with Crippen LogP contribution in [0.4, 0.5) is 0 Å². The second kappa shape index (κ2) is 7.07. The molecule has 0 bridgehead atoms. The molecule has 2 aromatic carbocycles. The molecule has 1 aliphatic carbocycles. The number of aromatic nitrogens is 1. The van der Waals surface area contributed by atoms with Gasteiger partial charge in [0.1, 0.15) is 0 Å². The molecule has 1 heterocycles. The molecule has 3 aromatic rings. The molecule has 0 N–H and O–H groups in total. The summed E-state index contributed by atoms with van der Waals surface area (Å²) in [6.45, 7) is 4.81. The maximum absolute atomic E-state index is 4.56. The van der Waals surface area contributed by atoms with E-state index in [4.69, 9.17) is 0 Å². The largest absolute Gasteiger partial charge is 0.256 e. The molecule has 132 valence electrons. The minimum absolute atomic E-state index is 0.518. The molecule has 0 unspecified atom stereocenters. The highest BCUT2D eigenvalue weighted by atomic mass is 14.7. The van der Waals surface area contributed by atoms with Gasteiger partial charge in [0.15, 0.2) is 0 Å². The zero-order valence-electron chi connectivity index (χ0n) is 15.8. The first-order valence-electron chi connectivity index (χ1n) is 9.73. The van der Waals surface area contributed by atoms with E-state index in [0.29, 0.717) is 11.3 Å². The summed E-state index contributed by atoms with van der Waals surface area (Å²) in [6.07, 6.45) is 7.20. The minimum atomic E-state index is 0.518. The zero-order valence-corrected chi connectivity index (χ0v) is 15.8. The molecule has 0 amide bonds. The SMILES string of the molecule is CC1(C)CCC(c2cccc(-c3ccnc(-c4ccccc4)c3)c2)CC1. The second-order valence-corrected chi connectivity index (χ2v) is 8.36. The van der Waals surface area contributed by atoms with Crippen molar-refractivity contribution in [1.29, 1.82) is 0 Å². The van der Waals surface area contributed by atoms with Crippen LogP contribution in [0, 0.1) is 5.41 Å². The lowest BCUT2D eigenvalue weighted by Gasteiger charge is -2.34. The van der Waals surface area contributed by atoms with Crippen LogP contribution in [0.3, 0.4) is 0 Å². The predicted molar refractivity (Wildman–Crippen MR) is 110 cm³/mol. The maximum atomic E-state index is 4.56. The molecule has 0 atom stereocenters. The molecular formula is C25H27N. The smallest absolute Gasteiger partial charge is 0.0708 e. The van der Waals surface area contributed by atoms with Gasteiger partial charge in [0, 0.05) is 11.8 Å². The summed E-state index contributed by atoms with van der Waals surface area (Å²) in [5, 5.41) is 0. The molecule has 1 heteroatoms. The average molecular weight is 341 g/mol. The Morgan fingerprint density at radius 1 is 0.769 bits per heavy atom. The zero-order chi connectivity index (χ0) is 18.0. The number of hydrogen-bond donors (Lipinski definition) is 0. The van der Waals surface area contributed by atoms with Crippen LogP contribution in [0.1, 0.15) is 51.0 Å². The van der Waals surface area contributed by atoms with Crippen LogP contribution in [0.25, 0.3) is 22.4 Å². The highest BCUT2D eigenvalue weighted by Crippen LogP contribution is 2.42. The van der Waals surface area contributed by atoms with Crippen molar-refractivity contribution in [2.75, 3.05) is 0 Å². The summed E-state index contributed by atoms with van der Waals surface area (Å²) in [5.74, 6) is 0.707. The standard InChI is InChI=1S/C25H27N/c1-25(2)14-11-19(12-15-25)21-9-6-10-22(17-21)23-13-16-26-24(18-23)20-7-4-3-5-8-20/h3-10,13,16-19H,11-12,14-15H2,1-2H3. The topological polar surface area (TPSA) is 12.9 Å². The number of pyridine rings is 1. The lowest BCUT2D eigenvalue weighted by Crippen LogP contribution is -2.20. The number of hydrogen-bond acceptors (Lipinski definition) is 1. The van der Waals surface area contributed by atoms with Crippen molar-refractivity contribution < 1.29 is 0 Å². The first-order chi connectivity index (χ1) is 12.6. The average Bonchev–Trinajstić information content (AvgIpc) is 2.69. The Balaban J connectivity index is 1.61. The van der Waals surface area contributed by atoms with E-state index in [1.54, 1.807) is 0 Å². The first kappa shape index (κ1) is 17.0. The van der Waals surface area contributed by atoms with Crippen molar-refractivity contribution in [3.63, 3.8) is 0 Å². The van der Waals surface area contributed by atoms with Gasteiger partial charge in [0.05, 0.1) is 5.69 Å². The van der Waals surface area contributed by atoms with Gasteiger partial charge in [-0.05, 0) is 65.8 Å². The highest BCUT2D eigenvalue weighted by molar-refractivity contribution is 5.70. The molecule has 0 radical (unpaired) electrons. The van der Waals surface area contributed by atoms with E-state index >= 15 is 0 Å². The van der Waals surface area contributed by atoms with E-state index in [1.165, 1.54) is 47.9 Å². The Labute approximate surface area is 157 Å². The van der Waals surface area contributed by atoms with Crippen LogP contribution in [0.5, 0.6) is 0 Å². The monoisotopic (exact) mass is 341 g/mol. The van der Waals surface area contributed by atoms with Gasteiger partial charge in [0.2, 0.25) is 0 Å². The quantitative estimate of drug-likeness (QED) is 0.495. The fourth-order valence-corrected chi connectivity index (χ4v) is 4.08. The minimum Gasteiger partial charge on any atom is -0.256 e. The fraction of sp³-hybridized carbons (Fsp3) is 0.320. The van der Waals surface area contributed by atoms with Crippen molar-refractivity contribution in [3.8, 4) is 22.4 Å². The Morgan fingerprint density at radius 2 is 1.46 bits per heavy atom. The van der Waals surface area contributed by atoms with Gasteiger partial charge in [0.25, 0.3) is 0 Å². The molecule has 1 fully saturated rings. The van der Waals surface area contributed by atoms with Gasteiger partial charge in [-0.3, -0.25) is 4.98 Å². The summed E-state index contributed by atoms with van der Waals surface area (Å²) >= 11 is 0. The molecule has 1 aromatic heterocycles. The summed E-state index contributed by atoms with van der Waals surface area (Å²) in [7, 11) is 0. The highest BCUT2D eigenvalue weighted by Gasteiger charge is 2.27. The Morgan fingerprint density at radius 3 is 2.23 bits per heavy atom. The van der Waals surface area contributed by atoms with Crippen LogP contribution < -0.4 is 0 Å². The van der Waals surface area contributed by atoms with E-state index in [9.17, 15) is 0 Å². The summed E-state index contributed by atoms with van der Waals surface area (Å²) < 4.78 is 0. The van der Waals surface area contributed by atoms with Crippen LogP contribution in [0.15, 0.2) is 72.9 Å². The van der Waals surface area contributed by atoms with Crippen LogP contribution in [-0.4, -0.2) is 4.98 Å². The predicted octanol–water partition coefficient (Wildman–Crippen LogP) is 7.10. The van der Waals surface area contributed by atoms with Crippen molar-refractivity contribution in [2.45, 2.75) is 45.4 Å². The first-order valence-corrected chi connectivity index (χ1v) is 9.73. The normalized spacial score (nSPS) is 17.2. The third-order valence-corrected chi connectivity index (χ3v) is 5.86. The number of nitrogens with zero attached hydrogens (tertiary/aromatic N) is 1. The summed E-state index contributed by atoms with van der Waals surface area (Å²) in [6, 6.07) is 23.9. The summed E-state index contributed by atoms with van der Waals surface area (Å²) in [4.78, 5) is 4.56. The molecule has 0 spiro atoms. The van der Waals surface area contributed by atoms with Crippen molar-refractivity contribution in [3.05, 3.63) is 78.5 Å².